The maximum atomic E-state index is 13.0. The van der Waals surface area contributed by atoms with Crippen LogP contribution >= 0.6 is 0 Å². The summed E-state index contributed by atoms with van der Waals surface area (Å²) in [5, 5.41) is 2.27. The number of carbonyl (C=O) groups is 1. The minimum atomic E-state index is -4.92. The molecule has 75 heavy (non-hydrogen) atoms. The number of para-hydroxylation sites is 4. The van der Waals surface area contributed by atoms with Gasteiger partial charge in [-0.2, -0.15) is 13.2 Å². The van der Waals surface area contributed by atoms with Gasteiger partial charge in [-0.1, -0.05) is 170 Å². The monoisotopic (exact) mass is 977 g/mol. The number of nitrogens with zero attached hydrogens (tertiary/aromatic N) is 3. The smallest absolute Gasteiger partial charge is 0.311 e. The molecule has 0 unspecified atom stereocenters. The van der Waals surface area contributed by atoms with Crippen LogP contribution in [0, 0.1) is 0 Å². The van der Waals surface area contributed by atoms with Gasteiger partial charge in [0, 0.05) is 56.1 Å². The number of aromatic nitrogens is 1. The van der Waals surface area contributed by atoms with Gasteiger partial charge in [-0.15, -0.1) is 0 Å². The molecule has 0 saturated heterocycles. The number of anilines is 6. The SMILES string of the molecule is O=C(c1ccc(-c2ccc(-c3ccc(-n4c5ccc(-c6ccc(N(c7ccccc7)c7ccccc7)cc6)cc5c5cc(-c6ccc(N(c7ccccc7)c7ccccc7)cc6)ccc54)cc3)cc2)cc1)C(F)(F)F. The number of halogens is 3. The number of alkyl halides is 3. The first-order valence-electron chi connectivity index (χ1n) is 24.8. The molecule has 0 saturated carbocycles. The molecule has 360 valence electrons. The molecule has 0 spiro atoms. The van der Waals surface area contributed by atoms with Crippen LogP contribution in [0.15, 0.2) is 279 Å². The molecular formula is C68H46F3N3O. The van der Waals surface area contributed by atoms with Crippen LogP contribution in [0.2, 0.25) is 0 Å². The molecule has 1 aromatic heterocycles. The third kappa shape index (κ3) is 9.24. The fraction of sp³-hybridized carbons (Fsp3) is 0.0147. The van der Waals surface area contributed by atoms with Crippen LogP contribution in [-0.2, 0) is 0 Å². The Hall–Kier alpha value is -9.72. The Labute approximate surface area is 433 Å². The molecular weight excluding hydrogens is 932 g/mol. The summed E-state index contributed by atoms with van der Waals surface area (Å²) in [5.41, 5.74) is 17.3. The molecule has 12 rings (SSSR count). The van der Waals surface area contributed by atoms with E-state index in [0.717, 1.165) is 106 Å². The molecule has 12 aromatic rings. The maximum Gasteiger partial charge on any atom is 0.454 e. The van der Waals surface area contributed by atoms with Crippen LogP contribution in [-0.4, -0.2) is 16.5 Å². The van der Waals surface area contributed by atoms with Crippen molar-refractivity contribution in [3.63, 3.8) is 0 Å². The Balaban J connectivity index is 0.906. The average molecular weight is 978 g/mol. The van der Waals surface area contributed by atoms with Crippen molar-refractivity contribution in [3.05, 3.63) is 285 Å². The second-order valence-electron chi connectivity index (χ2n) is 18.4. The van der Waals surface area contributed by atoms with Crippen molar-refractivity contribution in [3.8, 4) is 50.2 Å². The van der Waals surface area contributed by atoms with Gasteiger partial charge in [-0.3, -0.25) is 4.79 Å². The highest BCUT2D eigenvalue weighted by Gasteiger charge is 2.39. The Morgan fingerprint density at radius 3 is 0.907 bits per heavy atom. The van der Waals surface area contributed by atoms with Gasteiger partial charge in [0.2, 0.25) is 0 Å². The number of rotatable bonds is 12. The molecule has 11 aromatic carbocycles. The van der Waals surface area contributed by atoms with Crippen LogP contribution in [0.25, 0.3) is 72.0 Å². The number of Topliss-reactive ketones (excluding diaryl/α,β-unsaturated/α-hetero) is 1. The predicted octanol–water partition coefficient (Wildman–Crippen LogP) is 19.1. The van der Waals surface area contributed by atoms with Crippen molar-refractivity contribution in [1.82, 2.24) is 4.57 Å². The van der Waals surface area contributed by atoms with E-state index in [2.05, 4.69) is 221 Å². The van der Waals surface area contributed by atoms with Crippen molar-refractivity contribution in [2.24, 2.45) is 0 Å². The second-order valence-corrected chi connectivity index (χ2v) is 18.4. The van der Waals surface area contributed by atoms with E-state index in [1.54, 1.807) is 12.1 Å². The largest absolute Gasteiger partial charge is 0.454 e. The first-order valence-corrected chi connectivity index (χ1v) is 24.8. The van der Waals surface area contributed by atoms with Crippen LogP contribution in [0.1, 0.15) is 10.4 Å². The molecule has 0 aliphatic rings. The van der Waals surface area contributed by atoms with Gasteiger partial charge in [-0.25, -0.2) is 0 Å². The Morgan fingerprint density at radius 2 is 0.573 bits per heavy atom. The first kappa shape index (κ1) is 46.4. The van der Waals surface area contributed by atoms with Crippen molar-refractivity contribution >= 4 is 61.7 Å². The lowest BCUT2D eigenvalue weighted by molar-refractivity contribution is -0.0885. The van der Waals surface area contributed by atoms with E-state index in [1.165, 1.54) is 12.1 Å². The standard InChI is InChI=1S/C68H46F3N3O/c69-68(70,71)67(75)53-27-25-49(26-28-53)47-21-23-48(24-22-47)50-29-41-62(42-30-50)74-65-43-35-54(51-31-37-60(38-32-51)72(56-13-5-1-6-14-56)57-15-7-2-8-16-57)45-63(65)64-46-55(36-44-66(64)74)52-33-39-61(40-34-52)73(58-17-9-3-10-18-58)59-19-11-4-12-20-59/h1-46H. The second kappa shape index (κ2) is 19.7. The summed E-state index contributed by atoms with van der Waals surface area (Å²) in [4.78, 5) is 16.3. The van der Waals surface area contributed by atoms with Crippen molar-refractivity contribution in [2.75, 3.05) is 9.80 Å². The van der Waals surface area contributed by atoms with E-state index in [0.29, 0.717) is 0 Å². The van der Waals surface area contributed by atoms with Gasteiger partial charge in [0.25, 0.3) is 5.78 Å². The zero-order valence-corrected chi connectivity index (χ0v) is 40.4. The summed E-state index contributed by atoms with van der Waals surface area (Å²) in [5.74, 6) is -1.85. The van der Waals surface area contributed by atoms with Crippen molar-refractivity contribution in [1.29, 1.82) is 0 Å². The lowest BCUT2D eigenvalue weighted by Crippen LogP contribution is -2.22. The number of benzene rings is 11. The van der Waals surface area contributed by atoms with Crippen molar-refractivity contribution < 1.29 is 18.0 Å². The summed E-state index contributed by atoms with van der Waals surface area (Å²) in [6.45, 7) is 0. The number of fused-ring (bicyclic) bond motifs is 3. The fourth-order valence-corrected chi connectivity index (χ4v) is 10.1. The molecule has 0 aliphatic heterocycles. The van der Waals surface area contributed by atoms with Crippen LogP contribution in [0.5, 0.6) is 0 Å². The third-order valence-electron chi connectivity index (χ3n) is 13.8. The van der Waals surface area contributed by atoms with E-state index in [4.69, 9.17) is 0 Å². The normalized spacial score (nSPS) is 11.5. The molecule has 7 heteroatoms. The van der Waals surface area contributed by atoms with Gasteiger partial charge in [-0.05, 0) is 154 Å². The molecule has 0 radical (unpaired) electrons. The van der Waals surface area contributed by atoms with Crippen LogP contribution in [0.4, 0.5) is 47.3 Å². The van der Waals surface area contributed by atoms with Crippen LogP contribution in [0.3, 0.4) is 0 Å². The molecule has 0 N–H and O–H groups in total. The molecule has 0 fully saturated rings. The molecule has 0 bridgehead atoms. The molecule has 4 nitrogen and oxygen atoms in total. The number of ketones is 1. The molecule has 0 atom stereocenters. The van der Waals surface area contributed by atoms with Gasteiger partial charge in [0.05, 0.1) is 11.0 Å². The quantitative estimate of drug-likeness (QED) is 0.114. The number of hydrogen-bond acceptors (Lipinski definition) is 3. The van der Waals surface area contributed by atoms with E-state index < -0.39 is 12.0 Å². The zero-order valence-electron chi connectivity index (χ0n) is 40.4. The summed E-state index contributed by atoms with van der Waals surface area (Å²) >= 11 is 0. The van der Waals surface area contributed by atoms with Crippen LogP contribution < -0.4 is 9.80 Å². The summed E-state index contributed by atoms with van der Waals surface area (Å²) in [7, 11) is 0. The minimum absolute atomic E-state index is 0.382. The lowest BCUT2D eigenvalue weighted by atomic mass is 9.99. The molecule has 1 heterocycles. The highest BCUT2D eigenvalue weighted by molar-refractivity contribution is 6.12. The Bertz CT molecular complexity index is 3670. The number of carbonyl (C=O) groups excluding carboxylic acids is 1. The summed E-state index contributed by atoms with van der Waals surface area (Å²) < 4.78 is 41.4. The summed E-state index contributed by atoms with van der Waals surface area (Å²) in [6, 6.07) is 94.8. The highest BCUT2D eigenvalue weighted by Crippen LogP contribution is 2.41. The van der Waals surface area contributed by atoms with E-state index in [-0.39, 0.29) is 5.56 Å². The van der Waals surface area contributed by atoms with Gasteiger partial charge in [0.1, 0.15) is 0 Å². The summed E-state index contributed by atoms with van der Waals surface area (Å²) in [6.07, 6.45) is -4.92. The van der Waals surface area contributed by atoms with E-state index in [9.17, 15) is 18.0 Å². The van der Waals surface area contributed by atoms with E-state index >= 15 is 0 Å². The average Bonchev–Trinajstić information content (AvgIpc) is 3.82. The predicted molar refractivity (Wildman–Crippen MR) is 302 cm³/mol. The maximum absolute atomic E-state index is 13.0. The topological polar surface area (TPSA) is 28.5 Å². The molecule has 0 amide bonds. The first-order chi connectivity index (χ1) is 36.7. The zero-order chi connectivity index (χ0) is 50.9. The fourth-order valence-electron chi connectivity index (χ4n) is 10.1. The van der Waals surface area contributed by atoms with E-state index in [1.807, 2.05) is 48.5 Å². The Morgan fingerprint density at radius 1 is 0.307 bits per heavy atom. The van der Waals surface area contributed by atoms with Gasteiger partial charge < -0.3 is 14.4 Å². The molecule has 0 aliphatic carbocycles. The number of hydrogen-bond donors (Lipinski definition) is 0. The van der Waals surface area contributed by atoms with Gasteiger partial charge in [0.15, 0.2) is 0 Å². The lowest BCUT2D eigenvalue weighted by Gasteiger charge is -2.25. The highest BCUT2D eigenvalue weighted by atomic mass is 19.4. The van der Waals surface area contributed by atoms with Crippen molar-refractivity contribution in [2.45, 2.75) is 6.18 Å². The Kier molecular flexibility index (Phi) is 12.2. The van der Waals surface area contributed by atoms with Gasteiger partial charge >= 0.3 is 6.18 Å². The third-order valence-corrected chi connectivity index (χ3v) is 13.8. The minimum Gasteiger partial charge on any atom is -0.311 e.